The molecule has 4 heterocycles. The van der Waals surface area contributed by atoms with E-state index in [0.717, 1.165) is 16.9 Å². The molecule has 0 aromatic heterocycles. The molecule has 5 atom stereocenters. The monoisotopic (exact) mass is 570 g/mol. The third-order valence-electron chi connectivity index (χ3n) is 7.92. The first-order valence-corrected chi connectivity index (χ1v) is 16.3. The summed E-state index contributed by atoms with van der Waals surface area (Å²) < 4.78 is -2.95. The molecule has 4 aliphatic rings. The minimum atomic E-state index is -1.13. The first-order valence-electron chi connectivity index (χ1n) is 12.7. The summed E-state index contributed by atoms with van der Waals surface area (Å²) in [5.74, 6) is 1.64. The molecule has 0 N–H and O–H groups in total. The van der Waals surface area contributed by atoms with Crippen LogP contribution in [0.5, 0.6) is 0 Å². The van der Waals surface area contributed by atoms with E-state index in [1.54, 1.807) is 23.5 Å². The number of imide groups is 1. The van der Waals surface area contributed by atoms with Gasteiger partial charge in [0, 0.05) is 17.5 Å². The van der Waals surface area contributed by atoms with Crippen LogP contribution in [0.15, 0.2) is 60.7 Å². The zero-order valence-corrected chi connectivity index (χ0v) is 24.5. The van der Waals surface area contributed by atoms with E-state index < -0.39 is 13.0 Å². The molecule has 4 aliphatic heterocycles. The van der Waals surface area contributed by atoms with Crippen LogP contribution in [0.4, 0.5) is 4.79 Å². The summed E-state index contributed by atoms with van der Waals surface area (Å²) in [4.78, 5) is 46.4. The molecule has 4 saturated heterocycles. The van der Waals surface area contributed by atoms with E-state index in [4.69, 9.17) is 0 Å². The van der Waals surface area contributed by atoms with Crippen LogP contribution < -0.4 is 0 Å². The predicted octanol–water partition coefficient (Wildman–Crippen LogP) is 6.20. The Labute approximate surface area is 235 Å². The Morgan fingerprint density at radius 3 is 2.03 bits per heavy atom. The van der Waals surface area contributed by atoms with Crippen molar-refractivity contribution in [3.8, 4) is 0 Å². The molecule has 6 rings (SSSR count). The molecular weight excluding hydrogens is 541 g/mol. The zero-order valence-electron chi connectivity index (χ0n) is 21.2. The molecule has 2 aromatic rings. The van der Waals surface area contributed by atoms with E-state index >= 15 is 4.79 Å². The normalized spacial score (nSPS) is 34.8. The van der Waals surface area contributed by atoms with Gasteiger partial charge in [-0.2, -0.15) is 0 Å². The second kappa shape index (κ2) is 9.00. The van der Waals surface area contributed by atoms with Gasteiger partial charge in [0.2, 0.25) is 0 Å². The largest absolute Gasteiger partial charge is 0.311 e. The number of carbonyl (C=O) groups is 3. The SMILES string of the molecule is CC(C)[C@H]1CSC(=O)N1C(=O)[C@@]1(c2ccccc2)S[C@@]2(c3ccccc3)S[C@@]13SC[C@H](C(C)C)N3C2=O. The van der Waals surface area contributed by atoms with Crippen LogP contribution in [-0.2, 0) is 18.4 Å². The van der Waals surface area contributed by atoms with Gasteiger partial charge in [-0.25, -0.2) is 0 Å². The number of hydrogen-bond acceptors (Lipinski definition) is 7. The van der Waals surface area contributed by atoms with Crippen LogP contribution >= 0.6 is 47.0 Å². The molecule has 4 fully saturated rings. The third-order valence-corrected chi connectivity index (χ3v) is 14.8. The highest BCUT2D eigenvalue weighted by Crippen LogP contribution is 2.83. The molecule has 2 aromatic carbocycles. The summed E-state index contributed by atoms with van der Waals surface area (Å²) in [6, 6.07) is 19.6. The fraction of sp³-hybridized carbons (Fsp3) is 0.464. The van der Waals surface area contributed by atoms with E-state index in [2.05, 4.69) is 27.7 Å². The van der Waals surface area contributed by atoms with Crippen LogP contribution in [-0.4, -0.2) is 54.6 Å². The molecule has 0 aliphatic carbocycles. The molecule has 5 nitrogen and oxygen atoms in total. The summed E-state index contributed by atoms with van der Waals surface area (Å²) in [6.45, 7) is 8.44. The summed E-state index contributed by atoms with van der Waals surface area (Å²) in [5.41, 5.74) is 1.76. The van der Waals surface area contributed by atoms with Gasteiger partial charge in [0.25, 0.3) is 17.1 Å². The van der Waals surface area contributed by atoms with Gasteiger partial charge in [0.05, 0.1) is 6.04 Å². The molecule has 9 heteroatoms. The average Bonchev–Trinajstić information content (AvgIpc) is 3.62. The quantitative estimate of drug-likeness (QED) is 0.424. The van der Waals surface area contributed by atoms with Crippen molar-refractivity contribution in [1.29, 1.82) is 0 Å². The summed E-state index contributed by atoms with van der Waals surface area (Å²) in [7, 11) is 0. The molecule has 194 valence electrons. The number of fused-ring (bicyclic) bond motifs is 1. The van der Waals surface area contributed by atoms with Crippen molar-refractivity contribution in [2.75, 3.05) is 11.5 Å². The lowest BCUT2D eigenvalue weighted by atomic mass is 9.91. The van der Waals surface area contributed by atoms with E-state index in [-0.39, 0.29) is 41.0 Å². The molecule has 1 spiro atoms. The Kier molecular flexibility index (Phi) is 6.25. The number of benzene rings is 2. The van der Waals surface area contributed by atoms with Crippen LogP contribution in [0.2, 0.25) is 0 Å². The second-order valence-electron chi connectivity index (χ2n) is 10.7. The summed E-state index contributed by atoms with van der Waals surface area (Å²) >= 11 is 6.02. The van der Waals surface area contributed by atoms with Crippen LogP contribution in [0.3, 0.4) is 0 Å². The first-order chi connectivity index (χ1) is 17.7. The highest BCUT2D eigenvalue weighted by Gasteiger charge is 2.84. The second-order valence-corrected chi connectivity index (χ2v) is 16.2. The number of hydrogen-bond donors (Lipinski definition) is 0. The fourth-order valence-corrected chi connectivity index (χ4v) is 14.3. The van der Waals surface area contributed by atoms with Gasteiger partial charge in [0.15, 0.2) is 13.0 Å². The summed E-state index contributed by atoms with van der Waals surface area (Å²) in [6.07, 6.45) is 0. The van der Waals surface area contributed by atoms with Crippen molar-refractivity contribution >= 4 is 64.1 Å². The van der Waals surface area contributed by atoms with Gasteiger partial charge in [-0.3, -0.25) is 19.3 Å². The topological polar surface area (TPSA) is 57.7 Å². The Morgan fingerprint density at radius 1 is 0.838 bits per heavy atom. The van der Waals surface area contributed by atoms with Crippen molar-refractivity contribution in [3.05, 3.63) is 71.8 Å². The third kappa shape index (κ3) is 3.33. The van der Waals surface area contributed by atoms with Gasteiger partial charge >= 0.3 is 0 Å². The number of thioether (sulfide) groups is 4. The average molecular weight is 571 g/mol. The summed E-state index contributed by atoms with van der Waals surface area (Å²) in [5, 5.41) is -0.182. The van der Waals surface area contributed by atoms with Gasteiger partial charge in [0.1, 0.15) is 0 Å². The molecule has 3 amide bonds. The van der Waals surface area contributed by atoms with E-state index in [1.165, 1.54) is 28.4 Å². The molecule has 2 bridgehead atoms. The lowest BCUT2D eigenvalue weighted by Gasteiger charge is -2.49. The van der Waals surface area contributed by atoms with Crippen molar-refractivity contribution in [1.82, 2.24) is 9.80 Å². The number of carbonyl (C=O) groups excluding carboxylic acids is 3. The van der Waals surface area contributed by atoms with E-state index in [0.29, 0.717) is 5.75 Å². The van der Waals surface area contributed by atoms with Crippen molar-refractivity contribution in [3.63, 3.8) is 0 Å². The minimum absolute atomic E-state index is 0.0110. The van der Waals surface area contributed by atoms with Gasteiger partial charge < -0.3 is 4.90 Å². The van der Waals surface area contributed by atoms with Crippen molar-refractivity contribution in [2.45, 2.75) is 52.8 Å². The maximum Gasteiger partial charge on any atom is 0.288 e. The van der Waals surface area contributed by atoms with Crippen LogP contribution in [0.25, 0.3) is 0 Å². The number of nitrogens with zero attached hydrogens (tertiary/aromatic N) is 2. The van der Waals surface area contributed by atoms with E-state index in [1.807, 2.05) is 65.6 Å². The maximum absolute atomic E-state index is 15.1. The Hall–Kier alpha value is -1.55. The Balaban J connectivity index is 1.62. The van der Waals surface area contributed by atoms with Gasteiger partial charge in [-0.05, 0) is 23.0 Å². The van der Waals surface area contributed by atoms with Crippen LogP contribution in [0, 0.1) is 11.8 Å². The zero-order chi connectivity index (χ0) is 26.2. The Morgan fingerprint density at radius 2 is 1.43 bits per heavy atom. The van der Waals surface area contributed by atoms with Crippen LogP contribution in [0.1, 0.15) is 38.8 Å². The predicted molar refractivity (Wildman–Crippen MR) is 155 cm³/mol. The molecule has 0 radical (unpaired) electrons. The highest BCUT2D eigenvalue weighted by atomic mass is 32.2. The number of rotatable bonds is 5. The van der Waals surface area contributed by atoms with Gasteiger partial charge in [-0.15, -0.1) is 23.5 Å². The standard InChI is InChI=1S/C28H30N2O3S4/c1-17(2)21-15-34-25(33)29(21)23(31)26(19-11-7-5-8-12-19)28-30(22(16-35-28)18(3)4)24(32)27(36-26,37-28)20-13-9-6-10-14-20/h5-14,17-18,21-22H,15-16H2,1-4H3/t21-,22-,26-,27+,28+/m1/s1. The molecule has 37 heavy (non-hydrogen) atoms. The van der Waals surface area contributed by atoms with Gasteiger partial charge in [-0.1, -0.05) is 112 Å². The smallest absolute Gasteiger partial charge is 0.288 e. The lowest BCUT2D eigenvalue weighted by molar-refractivity contribution is -0.140. The number of amides is 3. The first kappa shape index (κ1) is 25.7. The molecule has 0 saturated carbocycles. The molecular formula is C28H30N2O3S4. The van der Waals surface area contributed by atoms with Crippen molar-refractivity contribution < 1.29 is 14.4 Å². The minimum Gasteiger partial charge on any atom is -0.311 e. The lowest BCUT2D eigenvalue weighted by Crippen LogP contribution is -2.65. The molecule has 0 unspecified atom stereocenters. The van der Waals surface area contributed by atoms with E-state index in [9.17, 15) is 9.59 Å². The Bertz CT molecular complexity index is 1260. The maximum atomic E-state index is 15.1. The van der Waals surface area contributed by atoms with Crippen molar-refractivity contribution in [2.24, 2.45) is 11.8 Å². The fourth-order valence-electron chi connectivity index (χ4n) is 5.94. The highest BCUT2D eigenvalue weighted by molar-refractivity contribution is 8.31.